The lowest BCUT2D eigenvalue weighted by Crippen LogP contribution is -2.41. The van der Waals surface area contributed by atoms with Crippen LogP contribution in [-0.4, -0.2) is 20.8 Å². The fourth-order valence-electron chi connectivity index (χ4n) is 3.16. The SMILES string of the molecule is Cc1ccc(-c2nc3c(C)cccn3c2CC(=O)NC(C)(C)C)cc1C. The van der Waals surface area contributed by atoms with Crippen LogP contribution in [0.2, 0.25) is 0 Å². The highest BCUT2D eigenvalue weighted by molar-refractivity contribution is 5.82. The van der Waals surface area contributed by atoms with E-state index in [0.29, 0.717) is 6.42 Å². The summed E-state index contributed by atoms with van der Waals surface area (Å²) in [5.74, 6) is 0.00545. The highest BCUT2D eigenvalue weighted by atomic mass is 16.1. The van der Waals surface area contributed by atoms with E-state index in [1.54, 1.807) is 0 Å². The van der Waals surface area contributed by atoms with Crippen molar-refractivity contribution >= 4 is 11.6 Å². The maximum atomic E-state index is 12.6. The predicted molar refractivity (Wildman–Crippen MR) is 106 cm³/mol. The third-order valence-electron chi connectivity index (χ3n) is 4.57. The van der Waals surface area contributed by atoms with Crippen molar-refractivity contribution in [1.82, 2.24) is 14.7 Å². The lowest BCUT2D eigenvalue weighted by Gasteiger charge is -2.20. The Kier molecular flexibility index (Phi) is 4.61. The summed E-state index contributed by atoms with van der Waals surface area (Å²) in [5.41, 5.74) is 7.07. The molecule has 2 aromatic heterocycles. The van der Waals surface area contributed by atoms with Gasteiger partial charge in [0.1, 0.15) is 5.65 Å². The Morgan fingerprint density at radius 1 is 1.08 bits per heavy atom. The number of benzene rings is 1. The number of carbonyl (C=O) groups is 1. The molecule has 0 bridgehead atoms. The van der Waals surface area contributed by atoms with Crippen molar-refractivity contribution < 1.29 is 4.79 Å². The fraction of sp³-hybridized carbons (Fsp3) is 0.364. The molecule has 0 aliphatic heterocycles. The van der Waals surface area contributed by atoms with Gasteiger partial charge in [-0.25, -0.2) is 4.98 Å². The van der Waals surface area contributed by atoms with E-state index >= 15 is 0 Å². The minimum Gasteiger partial charge on any atom is -0.351 e. The first-order valence-electron chi connectivity index (χ1n) is 9.01. The summed E-state index contributed by atoms with van der Waals surface area (Å²) in [6.45, 7) is 12.2. The first-order valence-corrected chi connectivity index (χ1v) is 9.01. The van der Waals surface area contributed by atoms with Crippen LogP contribution in [0.3, 0.4) is 0 Å². The van der Waals surface area contributed by atoms with E-state index in [0.717, 1.165) is 28.2 Å². The Morgan fingerprint density at radius 3 is 2.46 bits per heavy atom. The average Bonchev–Trinajstić information content (AvgIpc) is 2.88. The van der Waals surface area contributed by atoms with Gasteiger partial charge in [-0.05, 0) is 70.4 Å². The Hall–Kier alpha value is -2.62. The van der Waals surface area contributed by atoms with Crippen LogP contribution in [0, 0.1) is 20.8 Å². The first-order chi connectivity index (χ1) is 12.2. The fourth-order valence-corrected chi connectivity index (χ4v) is 3.16. The summed E-state index contributed by atoms with van der Waals surface area (Å²) in [6.07, 6.45) is 2.28. The minimum atomic E-state index is -0.256. The van der Waals surface area contributed by atoms with Crippen molar-refractivity contribution in [3.63, 3.8) is 0 Å². The van der Waals surface area contributed by atoms with Crippen molar-refractivity contribution in [1.29, 1.82) is 0 Å². The smallest absolute Gasteiger partial charge is 0.226 e. The van der Waals surface area contributed by atoms with Crippen molar-refractivity contribution in [2.45, 2.75) is 53.5 Å². The molecule has 0 fully saturated rings. The van der Waals surface area contributed by atoms with Crippen LogP contribution in [0.4, 0.5) is 0 Å². The number of rotatable bonds is 3. The Bertz CT molecular complexity index is 977. The minimum absolute atomic E-state index is 0.00545. The van der Waals surface area contributed by atoms with Crippen LogP contribution >= 0.6 is 0 Å². The van der Waals surface area contributed by atoms with Crippen molar-refractivity contribution in [3.8, 4) is 11.3 Å². The molecule has 1 amide bonds. The molecule has 4 heteroatoms. The number of fused-ring (bicyclic) bond motifs is 1. The third-order valence-corrected chi connectivity index (χ3v) is 4.57. The highest BCUT2D eigenvalue weighted by Gasteiger charge is 2.20. The van der Waals surface area contributed by atoms with Gasteiger partial charge in [-0.2, -0.15) is 0 Å². The average molecular weight is 349 g/mol. The van der Waals surface area contributed by atoms with Gasteiger partial charge in [0.05, 0.1) is 17.8 Å². The van der Waals surface area contributed by atoms with Crippen LogP contribution in [0.1, 0.15) is 43.2 Å². The lowest BCUT2D eigenvalue weighted by molar-refractivity contribution is -0.121. The van der Waals surface area contributed by atoms with Gasteiger partial charge < -0.3 is 9.72 Å². The number of imidazole rings is 1. The van der Waals surface area contributed by atoms with Gasteiger partial charge in [0, 0.05) is 17.3 Å². The molecule has 0 unspecified atom stereocenters. The molecule has 0 spiro atoms. The molecule has 2 heterocycles. The summed E-state index contributed by atoms with van der Waals surface area (Å²) < 4.78 is 2.04. The first kappa shape index (κ1) is 18.2. The zero-order valence-electron chi connectivity index (χ0n) is 16.5. The number of nitrogens with one attached hydrogen (secondary N) is 1. The highest BCUT2D eigenvalue weighted by Crippen LogP contribution is 2.28. The van der Waals surface area contributed by atoms with E-state index in [-0.39, 0.29) is 11.4 Å². The van der Waals surface area contributed by atoms with E-state index in [4.69, 9.17) is 4.98 Å². The molecule has 0 aliphatic rings. The van der Waals surface area contributed by atoms with E-state index < -0.39 is 0 Å². The zero-order chi connectivity index (χ0) is 19.1. The maximum Gasteiger partial charge on any atom is 0.226 e. The molecule has 3 aromatic rings. The quantitative estimate of drug-likeness (QED) is 0.762. The molecule has 0 saturated carbocycles. The van der Waals surface area contributed by atoms with Gasteiger partial charge in [0.25, 0.3) is 0 Å². The van der Waals surface area contributed by atoms with Gasteiger partial charge >= 0.3 is 0 Å². The molecule has 1 N–H and O–H groups in total. The molecule has 0 aliphatic carbocycles. The molecule has 0 radical (unpaired) electrons. The topological polar surface area (TPSA) is 46.4 Å². The monoisotopic (exact) mass is 349 g/mol. The number of hydrogen-bond donors (Lipinski definition) is 1. The third kappa shape index (κ3) is 3.64. The van der Waals surface area contributed by atoms with Crippen LogP contribution in [0.5, 0.6) is 0 Å². The largest absolute Gasteiger partial charge is 0.351 e. The second-order valence-electron chi connectivity index (χ2n) is 8.07. The Morgan fingerprint density at radius 2 is 1.81 bits per heavy atom. The lowest BCUT2D eigenvalue weighted by atomic mass is 10.0. The van der Waals surface area contributed by atoms with E-state index in [1.165, 1.54) is 11.1 Å². The number of pyridine rings is 1. The van der Waals surface area contributed by atoms with Gasteiger partial charge in [0.2, 0.25) is 5.91 Å². The number of amides is 1. The Labute approximate surface area is 155 Å². The molecule has 4 nitrogen and oxygen atoms in total. The zero-order valence-corrected chi connectivity index (χ0v) is 16.5. The van der Waals surface area contributed by atoms with E-state index in [1.807, 2.05) is 50.4 Å². The molecule has 0 saturated heterocycles. The Balaban J connectivity index is 2.14. The molecule has 3 rings (SSSR count). The summed E-state index contributed by atoms with van der Waals surface area (Å²) in [5, 5.41) is 3.06. The molecule has 0 atom stereocenters. The van der Waals surface area contributed by atoms with Crippen LogP contribution in [0.15, 0.2) is 36.5 Å². The van der Waals surface area contributed by atoms with Gasteiger partial charge in [-0.1, -0.05) is 18.2 Å². The molecular formula is C22H27N3O. The number of hydrogen-bond acceptors (Lipinski definition) is 2. The number of aryl methyl sites for hydroxylation is 3. The second-order valence-corrected chi connectivity index (χ2v) is 8.07. The standard InChI is InChI=1S/C22H27N3O/c1-14-9-10-17(12-16(14)3)20-18(13-19(26)24-22(4,5)6)25-11-7-8-15(2)21(25)23-20/h7-12H,13H2,1-6H3,(H,24,26). The molecule has 136 valence electrons. The summed E-state index contributed by atoms with van der Waals surface area (Å²) in [4.78, 5) is 17.5. The van der Waals surface area contributed by atoms with E-state index in [9.17, 15) is 4.79 Å². The van der Waals surface area contributed by atoms with Crippen LogP contribution < -0.4 is 5.32 Å². The van der Waals surface area contributed by atoms with Gasteiger partial charge in [-0.3, -0.25) is 4.79 Å². The van der Waals surface area contributed by atoms with Gasteiger partial charge in [0.15, 0.2) is 0 Å². The van der Waals surface area contributed by atoms with E-state index in [2.05, 4.69) is 37.4 Å². The van der Waals surface area contributed by atoms with Crippen LogP contribution in [0.25, 0.3) is 16.9 Å². The maximum absolute atomic E-state index is 12.6. The number of carbonyl (C=O) groups excluding carboxylic acids is 1. The normalized spacial score (nSPS) is 11.8. The molecular weight excluding hydrogens is 322 g/mol. The number of aromatic nitrogens is 2. The van der Waals surface area contributed by atoms with Crippen molar-refractivity contribution in [3.05, 3.63) is 58.9 Å². The second kappa shape index (κ2) is 6.60. The van der Waals surface area contributed by atoms with Crippen molar-refractivity contribution in [2.75, 3.05) is 0 Å². The number of nitrogens with zero attached hydrogens (tertiary/aromatic N) is 2. The predicted octanol–water partition coefficient (Wildman–Crippen LogP) is 4.38. The molecule has 26 heavy (non-hydrogen) atoms. The molecule has 1 aromatic carbocycles. The summed E-state index contributed by atoms with van der Waals surface area (Å²) in [7, 11) is 0. The van der Waals surface area contributed by atoms with Crippen molar-refractivity contribution in [2.24, 2.45) is 0 Å². The van der Waals surface area contributed by atoms with Crippen LogP contribution in [-0.2, 0) is 11.2 Å². The van der Waals surface area contributed by atoms with Gasteiger partial charge in [-0.15, -0.1) is 0 Å². The summed E-state index contributed by atoms with van der Waals surface area (Å²) in [6, 6.07) is 10.4. The summed E-state index contributed by atoms with van der Waals surface area (Å²) >= 11 is 0.